The summed E-state index contributed by atoms with van der Waals surface area (Å²) >= 11 is 0. The van der Waals surface area contributed by atoms with Gasteiger partial charge in [-0.2, -0.15) is 0 Å². The molecule has 1 aliphatic heterocycles. The van der Waals surface area contributed by atoms with Crippen molar-refractivity contribution in [2.24, 2.45) is 5.92 Å². The number of piperidine rings is 1. The van der Waals surface area contributed by atoms with Gasteiger partial charge in [-0.25, -0.2) is 0 Å². The van der Waals surface area contributed by atoms with E-state index < -0.39 is 0 Å². The summed E-state index contributed by atoms with van der Waals surface area (Å²) in [4.78, 5) is 14.2. The first-order chi connectivity index (χ1) is 6.66. The Morgan fingerprint density at radius 1 is 1.21 bits per heavy atom. The van der Waals surface area contributed by atoms with Crippen molar-refractivity contribution in [3.05, 3.63) is 0 Å². The number of ketones is 1. The molecule has 0 saturated carbocycles. The molecule has 0 spiro atoms. The highest BCUT2D eigenvalue weighted by Crippen LogP contribution is 2.19. The van der Waals surface area contributed by atoms with Crippen LogP contribution in [0.3, 0.4) is 0 Å². The fraction of sp³-hybridized carbons (Fsp3) is 0.917. The second-order valence-corrected chi connectivity index (χ2v) is 4.61. The van der Waals surface area contributed by atoms with E-state index in [-0.39, 0.29) is 6.04 Å². The maximum Gasteiger partial charge on any atom is 0.149 e. The third-order valence-corrected chi connectivity index (χ3v) is 3.09. The van der Waals surface area contributed by atoms with Crippen LogP contribution in [-0.2, 0) is 4.79 Å². The average Bonchev–Trinajstić information content (AvgIpc) is 2.19. The molecule has 0 bridgehead atoms. The van der Waals surface area contributed by atoms with Crippen molar-refractivity contribution < 1.29 is 4.79 Å². The van der Waals surface area contributed by atoms with Crippen molar-refractivity contribution in [3.63, 3.8) is 0 Å². The molecule has 82 valence electrons. The Labute approximate surface area is 87.7 Å². The summed E-state index contributed by atoms with van der Waals surface area (Å²) in [5.41, 5.74) is 0. The lowest BCUT2D eigenvalue weighted by Gasteiger charge is -2.35. The molecular formula is C12H23NO. The van der Waals surface area contributed by atoms with Crippen molar-refractivity contribution in [2.75, 3.05) is 13.1 Å². The number of hydrogen-bond donors (Lipinski definition) is 0. The van der Waals surface area contributed by atoms with Gasteiger partial charge in [0.15, 0.2) is 0 Å². The molecule has 1 aliphatic rings. The third kappa shape index (κ3) is 2.81. The molecule has 14 heavy (non-hydrogen) atoms. The lowest BCUT2D eigenvalue weighted by molar-refractivity contribution is -0.126. The lowest BCUT2D eigenvalue weighted by Crippen LogP contribution is -2.46. The van der Waals surface area contributed by atoms with Crippen LogP contribution in [0, 0.1) is 5.92 Å². The summed E-state index contributed by atoms with van der Waals surface area (Å²) in [5, 5.41) is 0. The van der Waals surface area contributed by atoms with E-state index in [0.717, 1.165) is 13.1 Å². The Kier molecular flexibility index (Phi) is 4.59. The first kappa shape index (κ1) is 11.7. The summed E-state index contributed by atoms with van der Waals surface area (Å²) < 4.78 is 0. The molecule has 2 heteroatoms. The van der Waals surface area contributed by atoms with Crippen LogP contribution in [0.2, 0.25) is 0 Å². The van der Waals surface area contributed by atoms with Crippen molar-refractivity contribution in [1.82, 2.24) is 4.90 Å². The van der Waals surface area contributed by atoms with E-state index in [2.05, 4.69) is 18.7 Å². The van der Waals surface area contributed by atoms with Crippen LogP contribution in [0.25, 0.3) is 0 Å². The van der Waals surface area contributed by atoms with Crippen LogP contribution >= 0.6 is 0 Å². The summed E-state index contributed by atoms with van der Waals surface area (Å²) in [5.74, 6) is 0.877. The van der Waals surface area contributed by atoms with E-state index in [9.17, 15) is 4.79 Å². The molecule has 0 aromatic heterocycles. The van der Waals surface area contributed by atoms with Gasteiger partial charge >= 0.3 is 0 Å². The summed E-state index contributed by atoms with van der Waals surface area (Å²) in [7, 11) is 0. The van der Waals surface area contributed by atoms with E-state index in [1.165, 1.54) is 19.3 Å². The van der Waals surface area contributed by atoms with Gasteiger partial charge in [0.25, 0.3) is 0 Å². The number of Topliss-reactive ketones (excluding diaryl/α,β-unsaturated/α-hetero) is 1. The molecule has 0 N–H and O–H groups in total. The summed E-state index contributed by atoms with van der Waals surface area (Å²) in [6.07, 6.45) is 4.54. The number of carbonyl (C=O) groups excluding carboxylic acids is 1. The van der Waals surface area contributed by atoms with Gasteiger partial charge in [-0.05, 0) is 31.8 Å². The van der Waals surface area contributed by atoms with E-state index >= 15 is 0 Å². The zero-order valence-electron chi connectivity index (χ0n) is 9.75. The summed E-state index contributed by atoms with van der Waals surface area (Å²) in [6, 6.07) is 0.181. The molecule has 1 fully saturated rings. The number of carbonyl (C=O) groups is 1. The van der Waals surface area contributed by atoms with Crippen LogP contribution in [0.4, 0.5) is 0 Å². The minimum atomic E-state index is 0.181. The minimum Gasteiger partial charge on any atom is -0.298 e. The number of likely N-dealkylation sites (tertiary alicyclic amines) is 1. The molecular weight excluding hydrogens is 174 g/mol. The standard InChI is InChI=1S/C12H23NO/c1-4-11(14)12(10(2)3)13-8-6-5-7-9-13/h10,12H,4-9H2,1-3H3. The van der Waals surface area contributed by atoms with Crippen LogP contribution in [-0.4, -0.2) is 29.8 Å². The van der Waals surface area contributed by atoms with Crippen molar-refractivity contribution in [1.29, 1.82) is 0 Å². The van der Waals surface area contributed by atoms with E-state index in [4.69, 9.17) is 0 Å². The van der Waals surface area contributed by atoms with Gasteiger partial charge in [0.05, 0.1) is 6.04 Å². The highest BCUT2D eigenvalue weighted by atomic mass is 16.1. The van der Waals surface area contributed by atoms with Gasteiger partial charge in [0.1, 0.15) is 5.78 Å². The molecule has 0 aromatic carbocycles. The Bertz CT molecular complexity index is 183. The van der Waals surface area contributed by atoms with E-state index in [1.54, 1.807) is 0 Å². The van der Waals surface area contributed by atoms with Gasteiger partial charge in [0.2, 0.25) is 0 Å². The largest absolute Gasteiger partial charge is 0.298 e. The monoisotopic (exact) mass is 197 g/mol. The van der Waals surface area contributed by atoms with E-state index in [1.807, 2.05) is 6.92 Å². The topological polar surface area (TPSA) is 20.3 Å². The van der Waals surface area contributed by atoms with Gasteiger partial charge in [-0.15, -0.1) is 0 Å². The molecule has 1 unspecified atom stereocenters. The third-order valence-electron chi connectivity index (χ3n) is 3.09. The molecule has 1 rings (SSSR count). The molecule has 1 heterocycles. The van der Waals surface area contributed by atoms with Crippen molar-refractivity contribution in [3.8, 4) is 0 Å². The Morgan fingerprint density at radius 2 is 1.79 bits per heavy atom. The Balaban J connectivity index is 2.60. The first-order valence-corrected chi connectivity index (χ1v) is 5.93. The highest BCUT2D eigenvalue weighted by molar-refractivity contribution is 5.83. The second-order valence-electron chi connectivity index (χ2n) is 4.61. The number of hydrogen-bond acceptors (Lipinski definition) is 2. The van der Waals surface area contributed by atoms with Gasteiger partial charge < -0.3 is 0 Å². The van der Waals surface area contributed by atoms with Gasteiger partial charge in [-0.3, -0.25) is 9.69 Å². The minimum absolute atomic E-state index is 0.181. The number of nitrogens with zero attached hydrogens (tertiary/aromatic N) is 1. The van der Waals surface area contributed by atoms with Crippen molar-refractivity contribution >= 4 is 5.78 Å². The predicted octanol–water partition coefficient (Wildman–Crippen LogP) is 2.48. The summed E-state index contributed by atoms with van der Waals surface area (Å²) in [6.45, 7) is 8.53. The molecule has 2 nitrogen and oxygen atoms in total. The lowest BCUT2D eigenvalue weighted by atomic mass is 9.94. The Morgan fingerprint density at radius 3 is 2.21 bits per heavy atom. The Hall–Kier alpha value is -0.370. The normalized spacial score (nSPS) is 21.1. The molecule has 1 saturated heterocycles. The molecule has 1 atom stereocenters. The SMILES string of the molecule is CCC(=O)C(C(C)C)N1CCCCC1. The van der Waals surface area contributed by atoms with E-state index in [0.29, 0.717) is 18.1 Å². The van der Waals surface area contributed by atoms with Crippen LogP contribution in [0.15, 0.2) is 0 Å². The fourth-order valence-electron chi connectivity index (χ4n) is 2.40. The number of rotatable bonds is 4. The molecule has 0 amide bonds. The molecule has 0 aromatic rings. The zero-order chi connectivity index (χ0) is 10.6. The average molecular weight is 197 g/mol. The molecule has 0 aliphatic carbocycles. The first-order valence-electron chi connectivity index (χ1n) is 5.93. The maximum atomic E-state index is 11.8. The molecule has 0 radical (unpaired) electrons. The quantitative estimate of drug-likeness (QED) is 0.690. The van der Waals surface area contributed by atoms with Crippen LogP contribution in [0.1, 0.15) is 46.5 Å². The zero-order valence-corrected chi connectivity index (χ0v) is 9.75. The predicted molar refractivity (Wildman–Crippen MR) is 59.3 cm³/mol. The maximum absolute atomic E-state index is 11.8. The van der Waals surface area contributed by atoms with Gasteiger partial charge in [0, 0.05) is 6.42 Å². The smallest absolute Gasteiger partial charge is 0.149 e. The van der Waals surface area contributed by atoms with Crippen molar-refractivity contribution in [2.45, 2.75) is 52.5 Å². The van der Waals surface area contributed by atoms with Crippen LogP contribution < -0.4 is 0 Å². The van der Waals surface area contributed by atoms with Gasteiger partial charge in [-0.1, -0.05) is 27.2 Å². The van der Waals surface area contributed by atoms with Crippen LogP contribution in [0.5, 0.6) is 0 Å². The second kappa shape index (κ2) is 5.50. The highest BCUT2D eigenvalue weighted by Gasteiger charge is 2.28. The fourth-order valence-corrected chi connectivity index (χ4v) is 2.40.